The lowest BCUT2D eigenvalue weighted by Gasteiger charge is -2.10. The van der Waals surface area contributed by atoms with Gasteiger partial charge in [-0.2, -0.15) is 0 Å². The van der Waals surface area contributed by atoms with E-state index < -0.39 is 4.92 Å². The summed E-state index contributed by atoms with van der Waals surface area (Å²) in [5.41, 5.74) is 2.09. The zero-order valence-electron chi connectivity index (χ0n) is 14.6. The average molecular weight is 421 g/mol. The van der Waals surface area contributed by atoms with Gasteiger partial charge < -0.3 is 19.4 Å². The number of nitro benzene ring substituents is 1. The monoisotopic (exact) mass is 420 g/mol. The van der Waals surface area contributed by atoms with Crippen LogP contribution in [0.25, 0.3) is 11.3 Å². The van der Waals surface area contributed by atoms with Crippen molar-refractivity contribution in [2.75, 3.05) is 12.1 Å². The van der Waals surface area contributed by atoms with Crippen LogP contribution >= 0.6 is 23.2 Å². The third-order valence-corrected chi connectivity index (χ3v) is 5.15. The Morgan fingerprint density at radius 1 is 1.21 bits per heavy atom. The number of hydrogen-bond acceptors (Lipinski definition) is 6. The van der Waals surface area contributed by atoms with E-state index in [9.17, 15) is 10.1 Å². The molecule has 0 unspecified atom stereocenters. The zero-order valence-corrected chi connectivity index (χ0v) is 16.1. The standard InChI is InChI=1S/C18H14Cl2N4O4/c1-23-15(10-2-3-12(19)13(20)4-10)8-22-18(23)21-7-11-5-16-17(28-9-27-16)6-14(11)24(25)26/h2-6,8H,7,9H2,1H3,(H,21,22). The van der Waals surface area contributed by atoms with Gasteiger partial charge in [-0.15, -0.1) is 0 Å². The number of anilines is 1. The van der Waals surface area contributed by atoms with Gasteiger partial charge in [-0.1, -0.05) is 29.3 Å². The lowest BCUT2D eigenvalue weighted by Crippen LogP contribution is -2.07. The maximum Gasteiger partial charge on any atom is 0.278 e. The number of ether oxygens (including phenoxy) is 2. The number of nitro groups is 1. The van der Waals surface area contributed by atoms with Gasteiger partial charge in [-0.05, 0) is 18.2 Å². The number of nitrogens with zero attached hydrogens (tertiary/aromatic N) is 3. The molecule has 10 heteroatoms. The third kappa shape index (κ3) is 3.32. The molecule has 2 heterocycles. The predicted molar refractivity (Wildman–Crippen MR) is 105 cm³/mol. The second-order valence-corrected chi connectivity index (χ2v) is 6.91. The summed E-state index contributed by atoms with van der Waals surface area (Å²) in [6.45, 7) is 0.244. The van der Waals surface area contributed by atoms with Gasteiger partial charge in [0.25, 0.3) is 5.69 Å². The van der Waals surface area contributed by atoms with Crippen molar-refractivity contribution in [1.29, 1.82) is 0 Å². The molecule has 28 heavy (non-hydrogen) atoms. The van der Waals surface area contributed by atoms with Crippen LogP contribution in [0.4, 0.5) is 11.6 Å². The lowest BCUT2D eigenvalue weighted by atomic mass is 10.1. The van der Waals surface area contributed by atoms with E-state index in [-0.39, 0.29) is 19.0 Å². The molecular weight excluding hydrogens is 407 g/mol. The Bertz CT molecular complexity index is 1080. The molecule has 8 nitrogen and oxygen atoms in total. The first-order valence-corrected chi connectivity index (χ1v) is 8.97. The molecule has 2 aromatic carbocycles. The zero-order chi connectivity index (χ0) is 19.8. The highest BCUT2D eigenvalue weighted by molar-refractivity contribution is 6.42. The van der Waals surface area contributed by atoms with Gasteiger partial charge in [0.05, 0.1) is 38.5 Å². The van der Waals surface area contributed by atoms with Gasteiger partial charge in [0.1, 0.15) is 0 Å². The summed E-state index contributed by atoms with van der Waals surface area (Å²) in [6.07, 6.45) is 1.69. The summed E-state index contributed by atoms with van der Waals surface area (Å²) in [5, 5.41) is 15.4. The number of hydrogen-bond donors (Lipinski definition) is 1. The number of imidazole rings is 1. The first-order chi connectivity index (χ1) is 13.4. The van der Waals surface area contributed by atoms with Crippen LogP contribution < -0.4 is 14.8 Å². The predicted octanol–water partition coefficient (Wildman–Crippen LogP) is 4.64. The molecule has 3 aromatic rings. The van der Waals surface area contributed by atoms with E-state index in [1.54, 1.807) is 24.4 Å². The van der Waals surface area contributed by atoms with Crippen molar-refractivity contribution in [3.63, 3.8) is 0 Å². The second-order valence-electron chi connectivity index (χ2n) is 6.10. The van der Waals surface area contributed by atoms with Crippen LogP contribution in [0.2, 0.25) is 10.0 Å². The molecule has 1 N–H and O–H groups in total. The maximum absolute atomic E-state index is 11.4. The Morgan fingerprint density at radius 3 is 2.68 bits per heavy atom. The fraction of sp³-hybridized carbons (Fsp3) is 0.167. The van der Waals surface area contributed by atoms with Gasteiger partial charge >= 0.3 is 0 Å². The summed E-state index contributed by atoms with van der Waals surface area (Å²) < 4.78 is 12.4. The minimum atomic E-state index is -0.446. The molecular formula is C18H14Cl2N4O4. The highest BCUT2D eigenvalue weighted by Crippen LogP contribution is 2.38. The molecule has 0 saturated carbocycles. The molecule has 1 aromatic heterocycles. The molecule has 144 valence electrons. The molecule has 0 saturated heterocycles. The molecule has 0 fully saturated rings. The first-order valence-electron chi connectivity index (χ1n) is 8.22. The van der Waals surface area contributed by atoms with E-state index in [2.05, 4.69) is 10.3 Å². The molecule has 0 radical (unpaired) electrons. The van der Waals surface area contributed by atoms with E-state index >= 15 is 0 Å². The Balaban J connectivity index is 1.59. The third-order valence-electron chi connectivity index (χ3n) is 4.41. The van der Waals surface area contributed by atoms with Crippen LogP contribution in [-0.2, 0) is 13.6 Å². The van der Waals surface area contributed by atoms with Gasteiger partial charge in [0, 0.05) is 19.2 Å². The van der Waals surface area contributed by atoms with E-state index in [0.29, 0.717) is 33.1 Å². The number of fused-ring (bicyclic) bond motifs is 1. The number of rotatable bonds is 5. The number of halogens is 2. The lowest BCUT2D eigenvalue weighted by molar-refractivity contribution is -0.385. The van der Waals surface area contributed by atoms with Crippen LogP contribution in [-0.4, -0.2) is 21.3 Å². The van der Waals surface area contributed by atoms with Crippen LogP contribution in [0, 0.1) is 10.1 Å². The van der Waals surface area contributed by atoms with E-state index in [0.717, 1.165) is 11.3 Å². The summed E-state index contributed by atoms with van der Waals surface area (Å²) in [6, 6.07) is 8.30. The van der Waals surface area contributed by atoms with Gasteiger partial charge in [-0.25, -0.2) is 4.98 Å². The van der Waals surface area contributed by atoms with Gasteiger partial charge in [0.2, 0.25) is 12.7 Å². The Labute approximate surface area is 169 Å². The summed E-state index contributed by atoms with van der Waals surface area (Å²) in [4.78, 5) is 15.3. The van der Waals surface area contributed by atoms with Crippen molar-refractivity contribution in [2.24, 2.45) is 7.05 Å². The Hall–Kier alpha value is -2.97. The van der Waals surface area contributed by atoms with Crippen molar-refractivity contribution in [2.45, 2.75) is 6.54 Å². The maximum atomic E-state index is 11.4. The summed E-state index contributed by atoms with van der Waals surface area (Å²) in [7, 11) is 1.83. The van der Waals surface area contributed by atoms with Crippen molar-refractivity contribution >= 4 is 34.8 Å². The number of aromatic nitrogens is 2. The van der Waals surface area contributed by atoms with E-state index in [1.807, 2.05) is 17.7 Å². The van der Waals surface area contributed by atoms with Crippen molar-refractivity contribution in [3.8, 4) is 22.8 Å². The van der Waals surface area contributed by atoms with Crippen LogP contribution in [0.5, 0.6) is 11.5 Å². The normalized spacial score (nSPS) is 12.2. The fourth-order valence-corrected chi connectivity index (χ4v) is 3.25. The van der Waals surface area contributed by atoms with Crippen LogP contribution in [0.1, 0.15) is 5.56 Å². The first kappa shape index (κ1) is 18.4. The molecule has 0 spiro atoms. The molecule has 1 aliphatic rings. The highest BCUT2D eigenvalue weighted by Gasteiger charge is 2.23. The second kappa shape index (κ2) is 7.21. The van der Waals surface area contributed by atoms with Gasteiger partial charge in [-0.3, -0.25) is 10.1 Å². The van der Waals surface area contributed by atoms with Crippen molar-refractivity contribution < 1.29 is 14.4 Å². The minimum absolute atomic E-state index is 0.0457. The summed E-state index contributed by atoms with van der Waals surface area (Å²) in [5.74, 6) is 1.40. The molecule has 4 rings (SSSR count). The van der Waals surface area contributed by atoms with Crippen molar-refractivity contribution in [3.05, 3.63) is 62.3 Å². The van der Waals surface area contributed by atoms with Crippen LogP contribution in [0.15, 0.2) is 36.5 Å². The molecule has 1 aliphatic heterocycles. The average Bonchev–Trinajstić information content (AvgIpc) is 3.27. The van der Waals surface area contributed by atoms with Crippen molar-refractivity contribution in [1.82, 2.24) is 9.55 Å². The Kier molecular flexibility index (Phi) is 4.74. The molecule has 0 amide bonds. The summed E-state index contributed by atoms with van der Waals surface area (Å²) >= 11 is 12.1. The number of benzene rings is 2. The van der Waals surface area contributed by atoms with Gasteiger partial charge in [0.15, 0.2) is 11.5 Å². The Morgan fingerprint density at radius 2 is 1.96 bits per heavy atom. The molecule has 0 bridgehead atoms. The SMILES string of the molecule is Cn1c(-c2ccc(Cl)c(Cl)c2)cnc1NCc1cc2c(cc1[N+](=O)[O-])OCO2. The van der Waals surface area contributed by atoms with E-state index in [1.165, 1.54) is 6.07 Å². The highest BCUT2D eigenvalue weighted by atomic mass is 35.5. The quantitative estimate of drug-likeness (QED) is 0.477. The number of nitrogens with one attached hydrogen (secondary N) is 1. The molecule has 0 atom stereocenters. The largest absolute Gasteiger partial charge is 0.454 e. The molecule has 0 aliphatic carbocycles. The van der Waals surface area contributed by atoms with Crippen LogP contribution in [0.3, 0.4) is 0 Å². The topological polar surface area (TPSA) is 91.5 Å². The minimum Gasteiger partial charge on any atom is -0.454 e. The smallest absolute Gasteiger partial charge is 0.278 e. The van der Waals surface area contributed by atoms with E-state index in [4.69, 9.17) is 32.7 Å². The fourth-order valence-electron chi connectivity index (χ4n) is 2.96.